The molecule has 0 saturated heterocycles. The predicted octanol–water partition coefficient (Wildman–Crippen LogP) is 1.75. The number of nitrogens with two attached hydrogens (primary N) is 1. The zero-order valence-corrected chi connectivity index (χ0v) is 12.3. The van der Waals surface area contributed by atoms with Crippen LogP contribution in [0.3, 0.4) is 0 Å². The molecule has 1 aromatic carbocycles. The number of carbonyl (C=O) groups excluding carboxylic acids is 1. The minimum atomic E-state index is -4.11. The van der Waals surface area contributed by atoms with Crippen molar-refractivity contribution < 1.29 is 17.6 Å². The van der Waals surface area contributed by atoms with Crippen LogP contribution in [0, 0.1) is 5.82 Å². The van der Waals surface area contributed by atoms with Gasteiger partial charge in [-0.2, -0.15) is 0 Å². The summed E-state index contributed by atoms with van der Waals surface area (Å²) in [6.45, 7) is 0. The highest BCUT2D eigenvalue weighted by molar-refractivity contribution is 7.89. The van der Waals surface area contributed by atoms with Gasteiger partial charge in [0.05, 0.1) is 15.5 Å². The fraction of sp³-hybridized carbons (Fsp3) is 0.417. The van der Waals surface area contributed by atoms with Crippen molar-refractivity contribution in [1.29, 1.82) is 0 Å². The van der Waals surface area contributed by atoms with Crippen molar-refractivity contribution in [1.82, 2.24) is 4.90 Å². The summed E-state index contributed by atoms with van der Waals surface area (Å²) in [5, 5.41) is 4.56. The molecule has 8 heteroatoms. The molecule has 20 heavy (non-hydrogen) atoms. The molecule has 110 valence electrons. The molecule has 0 aliphatic heterocycles. The van der Waals surface area contributed by atoms with Crippen molar-refractivity contribution in [2.75, 3.05) is 7.05 Å². The number of halogens is 2. The summed E-state index contributed by atoms with van der Waals surface area (Å²) in [5.74, 6) is -1.49. The van der Waals surface area contributed by atoms with E-state index in [0.717, 1.165) is 25.3 Å². The number of benzene rings is 1. The van der Waals surface area contributed by atoms with Crippen LogP contribution in [0.5, 0.6) is 0 Å². The van der Waals surface area contributed by atoms with E-state index in [9.17, 15) is 17.6 Å². The lowest BCUT2D eigenvalue weighted by Gasteiger charge is -2.35. The maximum atomic E-state index is 13.7. The fourth-order valence-electron chi connectivity index (χ4n) is 2.01. The van der Waals surface area contributed by atoms with Gasteiger partial charge in [-0.1, -0.05) is 11.6 Å². The van der Waals surface area contributed by atoms with Crippen molar-refractivity contribution in [2.24, 2.45) is 5.14 Å². The fourth-order valence-corrected chi connectivity index (χ4v) is 2.75. The quantitative estimate of drug-likeness (QED) is 0.921. The van der Waals surface area contributed by atoms with Gasteiger partial charge < -0.3 is 4.90 Å². The number of rotatable bonds is 3. The van der Waals surface area contributed by atoms with Gasteiger partial charge in [-0.15, -0.1) is 0 Å². The molecule has 0 spiro atoms. The second kappa shape index (κ2) is 5.31. The summed E-state index contributed by atoms with van der Waals surface area (Å²) in [4.78, 5) is 13.3. The number of amides is 1. The lowest BCUT2D eigenvalue weighted by Crippen LogP contribution is -2.41. The predicted molar refractivity (Wildman–Crippen MR) is 72.5 cm³/mol. The smallest absolute Gasteiger partial charge is 0.255 e. The molecule has 0 bridgehead atoms. The first-order chi connectivity index (χ1) is 9.21. The molecule has 0 radical (unpaired) electrons. The zero-order valence-electron chi connectivity index (χ0n) is 10.8. The Morgan fingerprint density at radius 1 is 1.45 bits per heavy atom. The number of sulfonamides is 1. The standard InChI is InChI=1S/C12H14ClFN2O3S/c1-16(7-3-2-4-7)12(17)9-5-8(20(15,18)19)6-10(14)11(9)13/h5-7H,2-4H2,1H3,(H2,15,18,19). The normalized spacial score (nSPS) is 15.8. The molecular weight excluding hydrogens is 307 g/mol. The van der Waals surface area contributed by atoms with Gasteiger partial charge >= 0.3 is 0 Å². The molecule has 0 atom stereocenters. The number of primary sulfonamides is 1. The summed E-state index contributed by atoms with van der Waals surface area (Å²) in [5.41, 5.74) is -0.190. The van der Waals surface area contributed by atoms with Crippen LogP contribution >= 0.6 is 11.6 Å². The first-order valence-corrected chi connectivity index (χ1v) is 7.93. The van der Waals surface area contributed by atoms with Crippen LogP contribution in [0.2, 0.25) is 5.02 Å². The molecule has 1 aliphatic rings. The van der Waals surface area contributed by atoms with E-state index in [1.165, 1.54) is 4.90 Å². The average Bonchev–Trinajstić information content (AvgIpc) is 2.27. The Morgan fingerprint density at radius 3 is 2.50 bits per heavy atom. The summed E-state index contributed by atoms with van der Waals surface area (Å²) >= 11 is 5.76. The summed E-state index contributed by atoms with van der Waals surface area (Å²) in [7, 11) is -2.52. The van der Waals surface area contributed by atoms with Gasteiger partial charge in [-0.05, 0) is 31.4 Å². The average molecular weight is 321 g/mol. The van der Waals surface area contributed by atoms with E-state index in [-0.39, 0.29) is 11.6 Å². The van der Waals surface area contributed by atoms with Crippen molar-refractivity contribution in [3.05, 3.63) is 28.5 Å². The molecule has 1 aromatic rings. The molecule has 5 nitrogen and oxygen atoms in total. The van der Waals surface area contributed by atoms with Gasteiger partial charge in [-0.25, -0.2) is 17.9 Å². The summed E-state index contributed by atoms with van der Waals surface area (Å²) in [6, 6.07) is 1.80. The molecule has 1 amide bonds. The Balaban J connectivity index is 2.44. The SMILES string of the molecule is CN(C(=O)c1cc(S(N)(=O)=O)cc(F)c1Cl)C1CCC1. The highest BCUT2D eigenvalue weighted by Crippen LogP contribution is 2.29. The Labute approximate surface area is 121 Å². The lowest BCUT2D eigenvalue weighted by atomic mass is 9.91. The van der Waals surface area contributed by atoms with E-state index in [1.807, 2.05) is 0 Å². The van der Waals surface area contributed by atoms with Gasteiger partial charge in [0.1, 0.15) is 5.82 Å². The molecule has 0 heterocycles. The maximum Gasteiger partial charge on any atom is 0.255 e. The van der Waals surface area contributed by atoms with Crippen molar-refractivity contribution >= 4 is 27.5 Å². The van der Waals surface area contributed by atoms with Crippen LogP contribution in [-0.2, 0) is 10.0 Å². The number of hydrogen-bond acceptors (Lipinski definition) is 3. The number of nitrogens with zero attached hydrogens (tertiary/aromatic N) is 1. The van der Waals surface area contributed by atoms with E-state index in [0.29, 0.717) is 6.07 Å². The summed E-state index contributed by atoms with van der Waals surface area (Å²) in [6.07, 6.45) is 2.77. The third-order valence-corrected chi connectivity index (χ3v) is 4.78. The number of carbonyl (C=O) groups is 1. The molecule has 1 fully saturated rings. The lowest BCUT2D eigenvalue weighted by molar-refractivity contribution is 0.0651. The third-order valence-electron chi connectivity index (χ3n) is 3.50. The Hall–Kier alpha value is -1.18. The highest BCUT2D eigenvalue weighted by atomic mass is 35.5. The largest absolute Gasteiger partial charge is 0.339 e. The van der Waals surface area contributed by atoms with Crippen LogP contribution in [0.1, 0.15) is 29.6 Å². The van der Waals surface area contributed by atoms with Gasteiger partial charge in [0.25, 0.3) is 5.91 Å². The van der Waals surface area contributed by atoms with Gasteiger partial charge in [0, 0.05) is 13.1 Å². The van der Waals surface area contributed by atoms with Crippen LogP contribution in [0.25, 0.3) is 0 Å². The van der Waals surface area contributed by atoms with Crippen molar-refractivity contribution in [3.63, 3.8) is 0 Å². The van der Waals surface area contributed by atoms with Crippen LogP contribution in [0.15, 0.2) is 17.0 Å². The van der Waals surface area contributed by atoms with Crippen molar-refractivity contribution in [3.8, 4) is 0 Å². The molecule has 1 saturated carbocycles. The third kappa shape index (κ3) is 2.79. The minimum absolute atomic E-state index is 0.0831. The van der Waals surface area contributed by atoms with Crippen LogP contribution in [-0.4, -0.2) is 32.3 Å². The maximum absolute atomic E-state index is 13.7. The molecule has 0 aromatic heterocycles. The monoisotopic (exact) mass is 320 g/mol. The second-order valence-electron chi connectivity index (χ2n) is 4.81. The zero-order chi connectivity index (χ0) is 15.1. The summed E-state index contributed by atoms with van der Waals surface area (Å²) < 4.78 is 36.2. The highest BCUT2D eigenvalue weighted by Gasteiger charge is 2.29. The number of hydrogen-bond donors (Lipinski definition) is 1. The second-order valence-corrected chi connectivity index (χ2v) is 6.75. The Bertz CT molecular complexity index is 659. The van der Waals surface area contributed by atoms with E-state index >= 15 is 0 Å². The Kier molecular flexibility index (Phi) is 4.04. The molecule has 2 N–H and O–H groups in total. The molecule has 2 rings (SSSR count). The van der Waals surface area contributed by atoms with Gasteiger partial charge in [-0.3, -0.25) is 4.79 Å². The van der Waals surface area contributed by atoms with E-state index in [4.69, 9.17) is 16.7 Å². The van der Waals surface area contributed by atoms with Gasteiger partial charge in [0.2, 0.25) is 10.0 Å². The topological polar surface area (TPSA) is 80.5 Å². The molecule has 1 aliphatic carbocycles. The molecule has 0 unspecified atom stereocenters. The first kappa shape index (κ1) is 15.2. The van der Waals surface area contributed by atoms with Crippen molar-refractivity contribution in [2.45, 2.75) is 30.2 Å². The first-order valence-electron chi connectivity index (χ1n) is 6.01. The van der Waals surface area contributed by atoms with E-state index in [2.05, 4.69) is 0 Å². The molecular formula is C12H14ClFN2O3S. The Morgan fingerprint density at radius 2 is 2.05 bits per heavy atom. The van der Waals surface area contributed by atoms with E-state index < -0.39 is 31.7 Å². The van der Waals surface area contributed by atoms with Crippen LogP contribution in [0.4, 0.5) is 4.39 Å². The van der Waals surface area contributed by atoms with E-state index in [1.54, 1.807) is 7.05 Å². The van der Waals surface area contributed by atoms with Gasteiger partial charge in [0.15, 0.2) is 0 Å². The minimum Gasteiger partial charge on any atom is -0.339 e. The van der Waals surface area contributed by atoms with Crippen LogP contribution < -0.4 is 5.14 Å².